The maximum absolute atomic E-state index is 5.54. The van der Waals surface area contributed by atoms with Gasteiger partial charge in [-0.3, -0.25) is 0 Å². The second-order valence-electron chi connectivity index (χ2n) is 4.75. The Labute approximate surface area is 118 Å². The lowest BCUT2D eigenvalue weighted by Gasteiger charge is -2.20. The fourth-order valence-electron chi connectivity index (χ4n) is 2.48. The van der Waals surface area contributed by atoms with Crippen LogP contribution in [0, 0.1) is 0 Å². The lowest BCUT2D eigenvalue weighted by molar-refractivity contribution is -0.0529. The molecule has 106 valence electrons. The van der Waals surface area contributed by atoms with E-state index in [4.69, 9.17) is 9.47 Å². The van der Waals surface area contributed by atoms with Gasteiger partial charge in [0.2, 0.25) is 0 Å². The Morgan fingerprint density at radius 1 is 1.25 bits per heavy atom. The highest BCUT2D eigenvalue weighted by atomic mass is 16.7. The van der Waals surface area contributed by atoms with E-state index in [0.717, 1.165) is 17.8 Å². The SMILES string of the molecule is CNC(CC1OCCO1)c1ccnn1-c1ccccc1. The maximum atomic E-state index is 5.54. The third kappa shape index (κ3) is 2.75. The van der Waals surface area contributed by atoms with Crippen LogP contribution in [-0.4, -0.2) is 36.3 Å². The molecule has 1 saturated heterocycles. The Morgan fingerprint density at radius 3 is 2.70 bits per heavy atom. The van der Waals surface area contributed by atoms with Gasteiger partial charge in [0.25, 0.3) is 0 Å². The molecule has 1 aromatic carbocycles. The Bertz CT molecular complexity index is 535. The molecule has 5 heteroatoms. The van der Waals surface area contributed by atoms with Crippen LogP contribution in [0.3, 0.4) is 0 Å². The summed E-state index contributed by atoms with van der Waals surface area (Å²) >= 11 is 0. The molecule has 0 radical (unpaired) electrons. The first-order valence-electron chi connectivity index (χ1n) is 6.88. The molecule has 5 nitrogen and oxygen atoms in total. The van der Waals surface area contributed by atoms with Gasteiger partial charge in [0.05, 0.1) is 30.6 Å². The molecule has 1 atom stereocenters. The first-order valence-corrected chi connectivity index (χ1v) is 6.88. The topological polar surface area (TPSA) is 48.3 Å². The van der Waals surface area contributed by atoms with Gasteiger partial charge in [0.15, 0.2) is 6.29 Å². The van der Waals surface area contributed by atoms with Crippen LogP contribution in [-0.2, 0) is 9.47 Å². The standard InChI is InChI=1S/C15H19N3O2/c1-16-13(11-15-19-9-10-20-15)14-7-8-17-18(14)12-5-3-2-4-6-12/h2-8,13,15-16H,9-11H2,1H3. The zero-order valence-corrected chi connectivity index (χ0v) is 11.5. The van der Waals surface area contributed by atoms with Crippen LogP contribution in [0.4, 0.5) is 0 Å². The number of benzene rings is 1. The highest BCUT2D eigenvalue weighted by Gasteiger charge is 2.24. The molecule has 2 heterocycles. The van der Waals surface area contributed by atoms with E-state index in [1.807, 2.05) is 54.3 Å². The van der Waals surface area contributed by atoms with Crippen LogP contribution in [0.1, 0.15) is 18.2 Å². The molecule has 1 aliphatic rings. The molecule has 0 bridgehead atoms. The predicted octanol–water partition coefficient (Wildman–Crippen LogP) is 1.90. The fourth-order valence-corrected chi connectivity index (χ4v) is 2.48. The Hall–Kier alpha value is -1.69. The number of hydrogen-bond acceptors (Lipinski definition) is 4. The minimum atomic E-state index is -0.133. The van der Waals surface area contributed by atoms with E-state index in [0.29, 0.717) is 13.2 Å². The second-order valence-corrected chi connectivity index (χ2v) is 4.75. The summed E-state index contributed by atoms with van der Waals surface area (Å²) in [6, 6.07) is 12.3. The highest BCUT2D eigenvalue weighted by molar-refractivity contribution is 5.33. The van der Waals surface area contributed by atoms with Crippen LogP contribution in [0.25, 0.3) is 5.69 Å². The Kier molecular flexibility index (Phi) is 4.11. The number of nitrogens with zero attached hydrogens (tertiary/aromatic N) is 2. The molecule has 20 heavy (non-hydrogen) atoms. The molecular weight excluding hydrogens is 254 g/mol. The smallest absolute Gasteiger partial charge is 0.159 e. The molecule has 0 spiro atoms. The number of rotatable bonds is 5. The largest absolute Gasteiger partial charge is 0.350 e. The first-order chi connectivity index (χ1) is 9.88. The Balaban J connectivity index is 1.83. The van der Waals surface area contributed by atoms with Crippen LogP contribution in [0.2, 0.25) is 0 Å². The van der Waals surface area contributed by atoms with Gasteiger partial charge in [-0.15, -0.1) is 0 Å². The van der Waals surface area contributed by atoms with E-state index in [9.17, 15) is 0 Å². The predicted molar refractivity (Wildman–Crippen MR) is 75.7 cm³/mol. The van der Waals surface area contributed by atoms with E-state index < -0.39 is 0 Å². The van der Waals surface area contributed by atoms with Crippen LogP contribution < -0.4 is 5.32 Å². The van der Waals surface area contributed by atoms with Gasteiger partial charge in [-0.25, -0.2) is 4.68 Å². The zero-order chi connectivity index (χ0) is 13.8. The summed E-state index contributed by atoms with van der Waals surface area (Å²) in [7, 11) is 1.95. The average Bonchev–Trinajstić information content (AvgIpc) is 3.17. The van der Waals surface area contributed by atoms with E-state index >= 15 is 0 Å². The van der Waals surface area contributed by atoms with Crippen LogP contribution in [0.5, 0.6) is 0 Å². The van der Waals surface area contributed by atoms with Crippen molar-refractivity contribution in [2.45, 2.75) is 18.8 Å². The van der Waals surface area contributed by atoms with Gasteiger partial charge in [-0.2, -0.15) is 5.10 Å². The van der Waals surface area contributed by atoms with E-state index in [-0.39, 0.29) is 12.3 Å². The van der Waals surface area contributed by atoms with E-state index in [1.54, 1.807) is 0 Å². The third-order valence-electron chi connectivity index (χ3n) is 3.50. The van der Waals surface area contributed by atoms with Gasteiger partial charge in [0, 0.05) is 12.6 Å². The van der Waals surface area contributed by atoms with Crippen molar-refractivity contribution in [1.82, 2.24) is 15.1 Å². The van der Waals surface area contributed by atoms with Gasteiger partial charge in [0.1, 0.15) is 0 Å². The lowest BCUT2D eigenvalue weighted by atomic mass is 10.1. The summed E-state index contributed by atoms with van der Waals surface area (Å²) < 4.78 is 13.0. The van der Waals surface area contributed by atoms with Crippen molar-refractivity contribution in [2.75, 3.05) is 20.3 Å². The van der Waals surface area contributed by atoms with Crippen molar-refractivity contribution in [2.24, 2.45) is 0 Å². The van der Waals surface area contributed by atoms with Gasteiger partial charge >= 0.3 is 0 Å². The molecular formula is C15H19N3O2. The quantitative estimate of drug-likeness (QED) is 0.904. The molecule has 0 saturated carbocycles. The van der Waals surface area contributed by atoms with Crippen LogP contribution in [0.15, 0.2) is 42.6 Å². The molecule has 0 aliphatic carbocycles. The molecule has 1 unspecified atom stereocenters. The van der Waals surface area contributed by atoms with Crippen molar-refractivity contribution in [3.63, 3.8) is 0 Å². The minimum absolute atomic E-state index is 0.133. The molecule has 2 aromatic rings. The molecule has 1 aromatic heterocycles. The number of aromatic nitrogens is 2. The molecule has 3 rings (SSSR count). The monoisotopic (exact) mass is 273 g/mol. The van der Waals surface area contributed by atoms with Gasteiger partial charge in [-0.1, -0.05) is 18.2 Å². The van der Waals surface area contributed by atoms with E-state index in [1.165, 1.54) is 0 Å². The maximum Gasteiger partial charge on any atom is 0.159 e. The van der Waals surface area contributed by atoms with Gasteiger partial charge < -0.3 is 14.8 Å². The minimum Gasteiger partial charge on any atom is -0.350 e. The normalized spacial score (nSPS) is 17.4. The first kappa shape index (κ1) is 13.3. The number of nitrogens with one attached hydrogen (secondary N) is 1. The van der Waals surface area contributed by atoms with Crippen LogP contribution >= 0.6 is 0 Å². The average molecular weight is 273 g/mol. The second kappa shape index (κ2) is 6.17. The summed E-state index contributed by atoms with van der Waals surface area (Å²) in [4.78, 5) is 0. The third-order valence-corrected chi connectivity index (χ3v) is 3.50. The van der Waals surface area contributed by atoms with Crippen molar-refractivity contribution < 1.29 is 9.47 Å². The van der Waals surface area contributed by atoms with E-state index in [2.05, 4.69) is 10.4 Å². The number of ether oxygens (including phenoxy) is 2. The van der Waals surface area contributed by atoms with Crippen molar-refractivity contribution in [1.29, 1.82) is 0 Å². The lowest BCUT2D eigenvalue weighted by Crippen LogP contribution is -2.25. The summed E-state index contributed by atoms with van der Waals surface area (Å²) in [6.07, 6.45) is 2.46. The summed E-state index contributed by atoms with van der Waals surface area (Å²) in [5.41, 5.74) is 2.17. The highest BCUT2D eigenvalue weighted by Crippen LogP contribution is 2.23. The van der Waals surface area contributed by atoms with Crippen molar-refractivity contribution >= 4 is 0 Å². The fraction of sp³-hybridized carbons (Fsp3) is 0.400. The Morgan fingerprint density at radius 2 is 2.00 bits per heavy atom. The zero-order valence-electron chi connectivity index (χ0n) is 11.5. The summed E-state index contributed by atoms with van der Waals surface area (Å²) in [5.74, 6) is 0. The molecule has 0 amide bonds. The summed E-state index contributed by atoms with van der Waals surface area (Å²) in [5, 5.41) is 7.75. The summed E-state index contributed by atoms with van der Waals surface area (Å²) in [6.45, 7) is 1.36. The molecule has 1 aliphatic heterocycles. The molecule has 1 fully saturated rings. The van der Waals surface area contributed by atoms with Gasteiger partial charge in [-0.05, 0) is 25.2 Å². The number of para-hydroxylation sites is 1. The molecule has 1 N–H and O–H groups in total. The van der Waals surface area contributed by atoms with Crippen molar-refractivity contribution in [3.05, 3.63) is 48.3 Å². The number of hydrogen-bond donors (Lipinski definition) is 1. The van der Waals surface area contributed by atoms with Crippen molar-refractivity contribution in [3.8, 4) is 5.69 Å².